The van der Waals surface area contributed by atoms with Gasteiger partial charge in [0, 0.05) is 7.11 Å². The van der Waals surface area contributed by atoms with E-state index < -0.39 is 11.5 Å². The molecule has 1 atom stereocenters. The number of hydrogen-bond donors (Lipinski definition) is 2. The predicted molar refractivity (Wildman–Crippen MR) is 55.6 cm³/mol. The van der Waals surface area contributed by atoms with Gasteiger partial charge >= 0.3 is 5.97 Å². The molecule has 14 heavy (non-hydrogen) atoms. The molecule has 0 bridgehead atoms. The molecule has 84 valence electrons. The van der Waals surface area contributed by atoms with E-state index in [1.54, 1.807) is 0 Å². The molecule has 4 nitrogen and oxygen atoms in total. The van der Waals surface area contributed by atoms with E-state index in [4.69, 9.17) is 15.6 Å². The van der Waals surface area contributed by atoms with Crippen molar-refractivity contribution in [1.29, 1.82) is 0 Å². The van der Waals surface area contributed by atoms with Gasteiger partial charge in [-0.15, -0.1) is 12.4 Å². The molecule has 5 heteroatoms. The van der Waals surface area contributed by atoms with Crippen molar-refractivity contribution in [3.8, 4) is 0 Å². The Labute approximate surface area is 90.2 Å². The summed E-state index contributed by atoms with van der Waals surface area (Å²) in [6, 6.07) is 0. The second kappa shape index (κ2) is 5.53. The smallest absolute Gasteiger partial charge is 0.326 e. The van der Waals surface area contributed by atoms with E-state index in [0.29, 0.717) is 0 Å². The SMILES string of the molecule is COCC(N)(C(=O)O)C1CCCC1.Cl. The van der Waals surface area contributed by atoms with Gasteiger partial charge in [0.1, 0.15) is 5.54 Å². The van der Waals surface area contributed by atoms with Crippen LogP contribution in [0.2, 0.25) is 0 Å². The molecule has 0 aromatic carbocycles. The van der Waals surface area contributed by atoms with Crippen LogP contribution >= 0.6 is 12.4 Å². The van der Waals surface area contributed by atoms with E-state index in [2.05, 4.69) is 0 Å². The van der Waals surface area contributed by atoms with Crippen LogP contribution < -0.4 is 5.73 Å². The third-order valence-electron chi connectivity index (χ3n) is 2.87. The van der Waals surface area contributed by atoms with E-state index in [1.165, 1.54) is 7.11 Å². The van der Waals surface area contributed by atoms with Gasteiger partial charge in [0.15, 0.2) is 0 Å². The van der Waals surface area contributed by atoms with E-state index >= 15 is 0 Å². The van der Waals surface area contributed by atoms with Crippen molar-refractivity contribution in [1.82, 2.24) is 0 Å². The number of rotatable bonds is 4. The Balaban J connectivity index is 0.00000169. The maximum absolute atomic E-state index is 11.0. The average molecular weight is 224 g/mol. The zero-order valence-electron chi connectivity index (χ0n) is 8.36. The number of halogens is 1. The first kappa shape index (κ1) is 13.7. The van der Waals surface area contributed by atoms with Crippen molar-refractivity contribution in [2.75, 3.05) is 13.7 Å². The lowest BCUT2D eigenvalue weighted by molar-refractivity contribution is -0.148. The summed E-state index contributed by atoms with van der Waals surface area (Å²) in [5.41, 5.74) is 4.66. The third-order valence-corrected chi connectivity index (χ3v) is 2.87. The Hall–Kier alpha value is -0.320. The number of methoxy groups -OCH3 is 1. The van der Waals surface area contributed by atoms with Crippen LogP contribution in [0.15, 0.2) is 0 Å². The van der Waals surface area contributed by atoms with Crippen molar-refractivity contribution in [2.45, 2.75) is 31.2 Å². The fraction of sp³-hybridized carbons (Fsp3) is 0.889. The van der Waals surface area contributed by atoms with Crippen molar-refractivity contribution >= 4 is 18.4 Å². The minimum Gasteiger partial charge on any atom is -0.480 e. The van der Waals surface area contributed by atoms with Gasteiger partial charge in [-0.2, -0.15) is 0 Å². The van der Waals surface area contributed by atoms with Crippen LogP contribution in [0.4, 0.5) is 0 Å². The summed E-state index contributed by atoms with van der Waals surface area (Å²) in [5, 5.41) is 9.02. The van der Waals surface area contributed by atoms with Gasteiger partial charge in [0.2, 0.25) is 0 Å². The van der Waals surface area contributed by atoms with Crippen molar-refractivity contribution in [3.63, 3.8) is 0 Å². The molecule has 0 radical (unpaired) electrons. The summed E-state index contributed by atoms with van der Waals surface area (Å²) in [7, 11) is 1.49. The largest absolute Gasteiger partial charge is 0.480 e. The van der Waals surface area contributed by atoms with Crippen LogP contribution in [0.1, 0.15) is 25.7 Å². The molecule has 1 saturated carbocycles. The Morgan fingerprint density at radius 2 is 2.07 bits per heavy atom. The first-order valence-corrected chi connectivity index (χ1v) is 4.62. The van der Waals surface area contributed by atoms with Gasteiger partial charge in [0.05, 0.1) is 6.61 Å². The van der Waals surface area contributed by atoms with E-state index in [0.717, 1.165) is 25.7 Å². The molecule has 1 aliphatic rings. The van der Waals surface area contributed by atoms with Gasteiger partial charge in [-0.3, -0.25) is 4.79 Å². The number of carbonyl (C=O) groups is 1. The second-order valence-corrected chi connectivity index (χ2v) is 3.76. The lowest BCUT2D eigenvalue weighted by Gasteiger charge is -2.30. The summed E-state index contributed by atoms with van der Waals surface area (Å²) >= 11 is 0. The number of carboxylic acid groups (broad SMARTS) is 1. The van der Waals surface area contributed by atoms with Gasteiger partial charge in [-0.05, 0) is 18.8 Å². The Morgan fingerprint density at radius 3 is 2.43 bits per heavy atom. The normalized spacial score (nSPS) is 21.3. The molecule has 0 saturated heterocycles. The molecular weight excluding hydrogens is 206 g/mol. The van der Waals surface area contributed by atoms with E-state index in [1.807, 2.05) is 0 Å². The number of hydrogen-bond acceptors (Lipinski definition) is 3. The van der Waals surface area contributed by atoms with Gasteiger partial charge in [-0.25, -0.2) is 0 Å². The summed E-state index contributed by atoms with van der Waals surface area (Å²) in [6.45, 7) is 0.104. The Kier molecular flexibility index (Phi) is 5.41. The van der Waals surface area contributed by atoms with Crippen LogP contribution in [0.25, 0.3) is 0 Å². The van der Waals surface area contributed by atoms with Crippen molar-refractivity contribution < 1.29 is 14.6 Å². The van der Waals surface area contributed by atoms with Gasteiger partial charge < -0.3 is 15.6 Å². The molecule has 0 aliphatic heterocycles. The molecule has 0 spiro atoms. The molecule has 0 aromatic heterocycles. The molecule has 3 N–H and O–H groups in total. The van der Waals surface area contributed by atoms with Gasteiger partial charge in [-0.1, -0.05) is 12.8 Å². The summed E-state index contributed by atoms with van der Waals surface area (Å²) in [5.74, 6) is -0.869. The minimum absolute atomic E-state index is 0. The predicted octanol–water partition coefficient (Wildman–Crippen LogP) is 1.03. The van der Waals surface area contributed by atoms with E-state index in [-0.39, 0.29) is 24.9 Å². The number of nitrogens with two attached hydrogens (primary N) is 1. The topological polar surface area (TPSA) is 72.5 Å². The van der Waals surface area contributed by atoms with Gasteiger partial charge in [0.25, 0.3) is 0 Å². The first-order chi connectivity index (χ1) is 6.11. The zero-order valence-corrected chi connectivity index (χ0v) is 9.18. The third kappa shape index (κ3) is 2.59. The Morgan fingerprint density at radius 1 is 1.57 bits per heavy atom. The minimum atomic E-state index is -1.18. The van der Waals surface area contributed by atoms with E-state index in [9.17, 15) is 4.79 Å². The molecule has 0 heterocycles. The number of aliphatic carboxylic acids is 1. The van der Waals surface area contributed by atoms with Crippen molar-refractivity contribution in [2.24, 2.45) is 11.7 Å². The lowest BCUT2D eigenvalue weighted by Crippen LogP contribution is -2.56. The van der Waals surface area contributed by atoms with Crippen LogP contribution in [-0.2, 0) is 9.53 Å². The molecular formula is C9H18ClNO3. The fourth-order valence-electron chi connectivity index (χ4n) is 2.03. The average Bonchev–Trinajstić information content (AvgIpc) is 2.56. The highest BCUT2D eigenvalue weighted by molar-refractivity contribution is 5.85. The maximum atomic E-state index is 11.0. The summed E-state index contributed by atoms with van der Waals surface area (Å²) in [4.78, 5) is 11.0. The van der Waals surface area contributed by atoms with Crippen LogP contribution in [0.5, 0.6) is 0 Å². The second-order valence-electron chi connectivity index (χ2n) is 3.76. The zero-order chi connectivity index (χ0) is 9.90. The number of carboxylic acids is 1. The Bertz CT molecular complexity index is 194. The van der Waals surface area contributed by atoms with Crippen LogP contribution in [-0.4, -0.2) is 30.3 Å². The highest BCUT2D eigenvalue weighted by atomic mass is 35.5. The highest BCUT2D eigenvalue weighted by Crippen LogP contribution is 2.33. The van der Waals surface area contributed by atoms with Crippen molar-refractivity contribution in [3.05, 3.63) is 0 Å². The molecule has 0 aromatic rings. The molecule has 1 rings (SSSR count). The number of ether oxygens (including phenoxy) is 1. The fourth-order valence-corrected chi connectivity index (χ4v) is 2.03. The first-order valence-electron chi connectivity index (χ1n) is 4.62. The molecule has 1 aliphatic carbocycles. The standard InChI is InChI=1S/C9H17NO3.ClH/c1-13-6-9(10,8(11)12)7-4-2-3-5-7;/h7H,2-6,10H2,1H3,(H,11,12);1H. The van der Waals surface area contributed by atoms with Crippen LogP contribution in [0, 0.1) is 5.92 Å². The molecule has 0 amide bonds. The quantitative estimate of drug-likeness (QED) is 0.747. The monoisotopic (exact) mass is 223 g/mol. The highest BCUT2D eigenvalue weighted by Gasteiger charge is 2.43. The summed E-state index contributed by atoms with van der Waals surface area (Å²) < 4.78 is 4.87. The molecule has 1 unspecified atom stereocenters. The van der Waals surface area contributed by atoms with Crippen LogP contribution in [0.3, 0.4) is 0 Å². The molecule has 1 fully saturated rings. The summed E-state index contributed by atoms with van der Waals surface area (Å²) in [6.07, 6.45) is 3.99. The lowest BCUT2D eigenvalue weighted by atomic mass is 9.84. The maximum Gasteiger partial charge on any atom is 0.326 e.